The highest BCUT2D eigenvalue weighted by atomic mass is 79.9. The summed E-state index contributed by atoms with van der Waals surface area (Å²) >= 11 is 8.65. The van der Waals surface area contributed by atoms with Crippen molar-refractivity contribution in [3.05, 3.63) is 110 Å². The predicted molar refractivity (Wildman–Crippen MR) is 218 cm³/mol. The Morgan fingerprint density at radius 1 is 0.569 bits per heavy atom. The van der Waals surface area contributed by atoms with Crippen LogP contribution in [0.3, 0.4) is 0 Å². The summed E-state index contributed by atoms with van der Waals surface area (Å²) in [4.78, 5) is 0. The Labute approximate surface area is 358 Å². The molecule has 3 aromatic carbocycles. The highest BCUT2D eigenvalue weighted by molar-refractivity contribution is 9.11. The van der Waals surface area contributed by atoms with Crippen molar-refractivity contribution in [1.29, 1.82) is 0 Å². The topological polar surface area (TPSA) is 72.6 Å². The SMILES string of the molecule is CC1(C)OB(c2cc(F)c(-c3cnn(C4CCCCO4)c3)cc2F)OC1(C)C.Fc1cc(-c2cnn(C3CCCCO3)c2)c(F)cc1Br.Fc1cc(Br)c(F)cc1Br. The van der Waals surface area contributed by atoms with Crippen molar-refractivity contribution in [2.24, 2.45) is 0 Å². The largest absolute Gasteiger partial charge is 0.497 e. The lowest BCUT2D eigenvalue weighted by Gasteiger charge is -2.32. The Morgan fingerprint density at radius 2 is 0.966 bits per heavy atom. The molecule has 0 spiro atoms. The smallest absolute Gasteiger partial charge is 0.399 e. The van der Waals surface area contributed by atoms with Gasteiger partial charge in [-0.2, -0.15) is 10.2 Å². The lowest BCUT2D eigenvalue weighted by atomic mass is 9.78. The standard InChI is InChI=1S/C20H25BF2N2O3.C14H13BrF2N2O.C6H2Br2F2/c1-19(2)20(3,4)28-21(27-19)15-10-16(22)14(9-17(15)23)13-11-24-25(12-13)18-7-5-6-8-26-18;15-11-6-12(16)10(5-13(11)17)9-7-18-19(8-9)14-3-1-2-4-20-14;7-3-1-5(9)4(8)2-6(3)10/h9-12,18H,5-8H2,1-4H3;5-8,14H,1-4H2;1-2H. The maximum Gasteiger partial charge on any atom is 0.497 e. The van der Waals surface area contributed by atoms with Crippen LogP contribution in [0.2, 0.25) is 0 Å². The van der Waals surface area contributed by atoms with Gasteiger partial charge in [0.05, 0.1) is 37.0 Å². The van der Waals surface area contributed by atoms with Crippen LogP contribution in [0.25, 0.3) is 22.3 Å². The van der Waals surface area contributed by atoms with E-state index in [1.807, 2.05) is 27.7 Å². The van der Waals surface area contributed by atoms with E-state index in [-0.39, 0.29) is 42.5 Å². The van der Waals surface area contributed by atoms with Crippen molar-refractivity contribution in [3.63, 3.8) is 0 Å². The minimum Gasteiger partial charge on any atom is -0.399 e. The molecule has 3 aliphatic rings. The van der Waals surface area contributed by atoms with Gasteiger partial charge in [0.2, 0.25) is 0 Å². The van der Waals surface area contributed by atoms with Gasteiger partial charge in [-0.3, -0.25) is 0 Å². The van der Waals surface area contributed by atoms with Crippen LogP contribution in [-0.4, -0.2) is 51.1 Å². The molecule has 8 nitrogen and oxygen atoms in total. The van der Waals surface area contributed by atoms with E-state index in [1.165, 1.54) is 24.5 Å². The molecular formula is C40H40BBr3F6N4O4. The molecule has 5 aromatic rings. The van der Waals surface area contributed by atoms with E-state index >= 15 is 0 Å². The summed E-state index contributed by atoms with van der Waals surface area (Å²) in [6.07, 6.45) is 12.2. The fraction of sp³-hybridized carbons (Fsp3) is 0.400. The van der Waals surface area contributed by atoms with Gasteiger partial charge in [0.25, 0.3) is 0 Å². The second kappa shape index (κ2) is 18.7. The Hall–Kier alpha value is -3.00. The van der Waals surface area contributed by atoms with Crippen LogP contribution >= 0.6 is 47.8 Å². The number of halogens is 9. The van der Waals surface area contributed by atoms with E-state index in [9.17, 15) is 26.3 Å². The first-order chi connectivity index (χ1) is 27.4. The van der Waals surface area contributed by atoms with Gasteiger partial charge < -0.3 is 18.8 Å². The Kier molecular flexibility index (Phi) is 14.4. The Bertz CT molecular complexity index is 2160. The minimum absolute atomic E-state index is 0.0582. The van der Waals surface area contributed by atoms with E-state index in [1.54, 1.807) is 21.8 Å². The number of aromatic nitrogens is 4. The number of rotatable bonds is 5. The molecule has 0 amide bonds. The first-order valence-corrected chi connectivity index (χ1v) is 20.9. The number of benzene rings is 3. The number of ether oxygens (including phenoxy) is 2. The van der Waals surface area contributed by atoms with Gasteiger partial charge in [-0.15, -0.1) is 0 Å². The highest BCUT2D eigenvalue weighted by Crippen LogP contribution is 2.37. The molecule has 2 unspecified atom stereocenters. The molecule has 5 heterocycles. The van der Waals surface area contributed by atoms with Gasteiger partial charge in [0.1, 0.15) is 47.4 Å². The van der Waals surface area contributed by atoms with Gasteiger partial charge in [-0.25, -0.2) is 35.7 Å². The number of hydrogen-bond acceptors (Lipinski definition) is 6. The maximum absolute atomic E-state index is 14.9. The van der Waals surface area contributed by atoms with Crippen molar-refractivity contribution in [3.8, 4) is 22.3 Å². The van der Waals surface area contributed by atoms with E-state index in [2.05, 4.69) is 58.0 Å². The van der Waals surface area contributed by atoms with Crippen LogP contribution in [-0.2, 0) is 18.8 Å². The normalized spacial score (nSPS) is 19.9. The molecule has 0 radical (unpaired) electrons. The lowest BCUT2D eigenvalue weighted by Crippen LogP contribution is -2.41. The molecule has 58 heavy (non-hydrogen) atoms. The summed E-state index contributed by atoms with van der Waals surface area (Å²) in [6.45, 7) is 8.89. The summed E-state index contributed by atoms with van der Waals surface area (Å²) in [7, 11) is -0.952. The van der Waals surface area contributed by atoms with Crippen molar-refractivity contribution >= 4 is 60.4 Å². The van der Waals surface area contributed by atoms with Gasteiger partial charge in [-0.1, -0.05) is 0 Å². The Morgan fingerprint density at radius 3 is 1.40 bits per heavy atom. The van der Waals surface area contributed by atoms with E-state index in [4.69, 9.17) is 18.8 Å². The summed E-state index contributed by atoms with van der Waals surface area (Å²) in [5.74, 6) is -3.06. The molecular weight excluding hydrogens is 965 g/mol. The molecule has 0 N–H and O–H groups in total. The van der Waals surface area contributed by atoms with Crippen molar-refractivity contribution in [1.82, 2.24) is 19.6 Å². The van der Waals surface area contributed by atoms with Gasteiger partial charge in [0, 0.05) is 53.3 Å². The molecule has 8 rings (SSSR count). The summed E-state index contributed by atoms with van der Waals surface area (Å²) in [5.41, 5.74) is 0.213. The van der Waals surface area contributed by atoms with E-state index in [0.29, 0.717) is 24.3 Å². The summed E-state index contributed by atoms with van der Waals surface area (Å²) in [5, 5.41) is 8.48. The van der Waals surface area contributed by atoms with E-state index < -0.39 is 53.2 Å². The second-order valence-corrected chi connectivity index (χ2v) is 17.5. The van der Waals surface area contributed by atoms with Crippen LogP contribution in [0, 0.1) is 34.9 Å². The van der Waals surface area contributed by atoms with Crippen LogP contribution in [0.4, 0.5) is 26.3 Å². The van der Waals surface area contributed by atoms with Crippen molar-refractivity contribution in [2.45, 2.75) is 89.9 Å². The average Bonchev–Trinajstić information content (AvgIpc) is 3.93. The van der Waals surface area contributed by atoms with Gasteiger partial charge in [0.15, 0.2) is 0 Å². The van der Waals surface area contributed by atoms with Gasteiger partial charge >= 0.3 is 7.12 Å². The second-order valence-electron chi connectivity index (χ2n) is 14.9. The molecule has 0 bridgehead atoms. The number of hydrogen-bond donors (Lipinski definition) is 0. The molecule has 3 aliphatic heterocycles. The molecule has 0 aliphatic carbocycles. The molecule has 310 valence electrons. The quantitative estimate of drug-likeness (QED) is 0.0992. The van der Waals surface area contributed by atoms with Crippen LogP contribution in [0.5, 0.6) is 0 Å². The average molecular weight is 1010 g/mol. The first kappa shape index (κ1) is 44.6. The third kappa shape index (κ3) is 10.3. The third-order valence-electron chi connectivity index (χ3n) is 10.3. The van der Waals surface area contributed by atoms with Crippen LogP contribution < -0.4 is 5.46 Å². The fourth-order valence-corrected chi connectivity index (χ4v) is 7.26. The highest BCUT2D eigenvalue weighted by Gasteiger charge is 2.52. The molecule has 18 heteroatoms. The molecule has 3 fully saturated rings. The zero-order valence-electron chi connectivity index (χ0n) is 32.0. The zero-order valence-corrected chi connectivity index (χ0v) is 36.7. The monoisotopic (exact) mass is 1000 g/mol. The first-order valence-electron chi connectivity index (χ1n) is 18.6. The molecule has 2 atom stereocenters. The van der Waals surface area contributed by atoms with Crippen molar-refractivity contribution in [2.75, 3.05) is 13.2 Å². The van der Waals surface area contributed by atoms with E-state index in [0.717, 1.165) is 62.8 Å². The predicted octanol–water partition coefficient (Wildman–Crippen LogP) is 11.6. The number of nitrogens with zero attached hydrogens (tertiary/aromatic N) is 4. The Balaban J connectivity index is 0.000000164. The summed E-state index contributed by atoms with van der Waals surface area (Å²) in [6, 6.07) is 6.76. The van der Waals surface area contributed by atoms with Crippen molar-refractivity contribution < 1.29 is 45.1 Å². The minimum atomic E-state index is -0.952. The van der Waals surface area contributed by atoms with Crippen LogP contribution in [0.1, 0.15) is 78.7 Å². The van der Waals surface area contributed by atoms with Gasteiger partial charge in [-0.05, 0) is 150 Å². The zero-order chi connectivity index (χ0) is 41.9. The molecule has 2 aromatic heterocycles. The third-order valence-corrected chi connectivity index (χ3v) is 12.1. The molecule has 3 saturated heterocycles. The van der Waals surface area contributed by atoms with Crippen LogP contribution in [0.15, 0.2) is 74.6 Å². The lowest BCUT2D eigenvalue weighted by molar-refractivity contribution is -0.0395. The summed E-state index contributed by atoms with van der Waals surface area (Å²) < 4.78 is 109. The maximum atomic E-state index is 14.9. The molecule has 0 saturated carbocycles. The fourth-order valence-electron chi connectivity index (χ4n) is 6.31.